The number of guanidine groups is 1. The Hall–Kier alpha value is -2.10. The van der Waals surface area contributed by atoms with E-state index in [0.717, 1.165) is 49.7 Å². The molecule has 1 aromatic carbocycles. The number of rotatable bonds is 9. The summed E-state index contributed by atoms with van der Waals surface area (Å²) in [6.45, 7) is 7.78. The second-order valence-electron chi connectivity index (χ2n) is 6.15. The third-order valence-corrected chi connectivity index (χ3v) is 4.35. The maximum absolute atomic E-state index is 12.3. The first-order chi connectivity index (χ1) is 13.2. The van der Waals surface area contributed by atoms with Gasteiger partial charge in [-0.25, -0.2) is 0 Å². The quantitative estimate of drug-likeness (QED) is 0.241. The van der Waals surface area contributed by atoms with Crippen molar-refractivity contribution >= 4 is 35.8 Å². The van der Waals surface area contributed by atoms with E-state index in [1.165, 1.54) is 0 Å². The number of hydrogen-bond donors (Lipinski definition) is 2. The summed E-state index contributed by atoms with van der Waals surface area (Å²) in [5.41, 5.74) is 1.83. The lowest BCUT2D eigenvalue weighted by Crippen LogP contribution is -2.37. The fourth-order valence-electron chi connectivity index (χ4n) is 2.75. The van der Waals surface area contributed by atoms with Crippen LogP contribution in [0.25, 0.3) is 0 Å². The molecule has 0 spiro atoms. The Balaban J connectivity index is 0.00000392. The molecule has 8 heteroatoms. The van der Waals surface area contributed by atoms with Gasteiger partial charge in [0.05, 0.1) is 0 Å². The third kappa shape index (κ3) is 7.49. The monoisotopic (exact) mass is 498 g/mol. The van der Waals surface area contributed by atoms with Crippen LogP contribution in [0.2, 0.25) is 0 Å². The number of aliphatic imine (C=N–C) groups is 1. The first-order valence-corrected chi connectivity index (χ1v) is 9.48. The van der Waals surface area contributed by atoms with Gasteiger partial charge in [0.2, 0.25) is 0 Å². The number of carbonyl (C=O) groups is 1. The smallest absolute Gasteiger partial charge is 0.253 e. The summed E-state index contributed by atoms with van der Waals surface area (Å²) in [4.78, 5) is 18.4. The molecule has 0 unspecified atom stereocenters. The normalized spacial score (nSPS) is 10.9. The van der Waals surface area contributed by atoms with Gasteiger partial charge in [-0.15, -0.1) is 24.0 Å². The van der Waals surface area contributed by atoms with Crippen molar-refractivity contribution < 1.29 is 4.79 Å². The van der Waals surface area contributed by atoms with Crippen molar-refractivity contribution in [3.05, 3.63) is 53.9 Å². The molecule has 154 valence electrons. The lowest BCUT2D eigenvalue weighted by Gasteiger charge is -2.18. The minimum absolute atomic E-state index is 0. The molecular formula is C20H31IN6O. The number of aryl methyl sites for hydroxylation is 1. The molecule has 0 bridgehead atoms. The number of hydrogen-bond acceptors (Lipinski definition) is 3. The Morgan fingerprint density at radius 1 is 1.18 bits per heavy atom. The number of nitrogens with zero attached hydrogens (tertiary/aromatic N) is 4. The predicted molar refractivity (Wildman–Crippen MR) is 124 cm³/mol. The molecule has 0 aliphatic heterocycles. The van der Waals surface area contributed by atoms with Gasteiger partial charge in [0.25, 0.3) is 5.91 Å². The van der Waals surface area contributed by atoms with Gasteiger partial charge in [-0.2, -0.15) is 5.10 Å². The number of carbonyl (C=O) groups excluding carboxylic acids is 1. The Kier molecular flexibility index (Phi) is 11.2. The lowest BCUT2D eigenvalue weighted by molar-refractivity contribution is 0.0773. The van der Waals surface area contributed by atoms with Crippen molar-refractivity contribution in [1.82, 2.24) is 25.3 Å². The van der Waals surface area contributed by atoms with Crippen LogP contribution in [0.15, 0.2) is 47.7 Å². The van der Waals surface area contributed by atoms with E-state index >= 15 is 0 Å². The molecule has 0 atom stereocenters. The standard InChI is InChI=1S/C20H30N6O.HI/c1-4-25(5-2)19(27)18-10-8-17(9-11-18)16-23-20(21-3)22-12-6-14-26-15-7-13-24-26;/h7-11,13,15H,4-6,12,14,16H2,1-3H3,(H2,21,22,23);1H. The molecule has 1 amide bonds. The van der Waals surface area contributed by atoms with Crippen molar-refractivity contribution in [3.63, 3.8) is 0 Å². The molecule has 2 rings (SSSR count). The van der Waals surface area contributed by atoms with Crippen molar-refractivity contribution in [2.75, 3.05) is 26.7 Å². The van der Waals surface area contributed by atoms with Crippen molar-refractivity contribution in [2.24, 2.45) is 4.99 Å². The molecule has 0 aliphatic rings. The zero-order valence-corrected chi connectivity index (χ0v) is 19.2. The van der Waals surface area contributed by atoms with E-state index in [0.29, 0.717) is 6.54 Å². The van der Waals surface area contributed by atoms with Crippen LogP contribution in [-0.2, 0) is 13.1 Å². The molecular weight excluding hydrogens is 467 g/mol. The van der Waals surface area contributed by atoms with Gasteiger partial charge in [0.15, 0.2) is 5.96 Å². The third-order valence-electron chi connectivity index (χ3n) is 4.35. The number of halogens is 1. The highest BCUT2D eigenvalue weighted by Gasteiger charge is 2.11. The van der Waals surface area contributed by atoms with E-state index in [9.17, 15) is 4.79 Å². The van der Waals surface area contributed by atoms with Crippen LogP contribution in [0.4, 0.5) is 0 Å². The van der Waals surface area contributed by atoms with Crippen LogP contribution < -0.4 is 10.6 Å². The highest BCUT2D eigenvalue weighted by molar-refractivity contribution is 14.0. The SMILES string of the molecule is CCN(CC)C(=O)c1ccc(CNC(=NC)NCCCn2cccn2)cc1.I. The van der Waals surface area contributed by atoms with Gasteiger partial charge in [0, 0.05) is 57.7 Å². The summed E-state index contributed by atoms with van der Waals surface area (Å²) in [6, 6.07) is 9.66. The van der Waals surface area contributed by atoms with Gasteiger partial charge < -0.3 is 15.5 Å². The topological polar surface area (TPSA) is 74.6 Å². The van der Waals surface area contributed by atoms with Crippen LogP contribution in [0.3, 0.4) is 0 Å². The molecule has 1 aromatic heterocycles. The summed E-state index contributed by atoms with van der Waals surface area (Å²) < 4.78 is 1.92. The second kappa shape index (κ2) is 13.1. The van der Waals surface area contributed by atoms with Crippen molar-refractivity contribution in [2.45, 2.75) is 33.4 Å². The number of nitrogens with one attached hydrogen (secondary N) is 2. The van der Waals surface area contributed by atoms with E-state index in [1.807, 2.05) is 60.0 Å². The van der Waals surface area contributed by atoms with E-state index in [2.05, 4.69) is 20.7 Å². The van der Waals surface area contributed by atoms with Crippen LogP contribution in [0, 0.1) is 0 Å². The molecule has 0 radical (unpaired) electrons. The summed E-state index contributed by atoms with van der Waals surface area (Å²) >= 11 is 0. The summed E-state index contributed by atoms with van der Waals surface area (Å²) in [6.07, 6.45) is 4.71. The van der Waals surface area contributed by atoms with E-state index in [-0.39, 0.29) is 29.9 Å². The Morgan fingerprint density at radius 3 is 2.46 bits per heavy atom. The zero-order chi connectivity index (χ0) is 19.5. The summed E-state index contributed by atoms with van der Waals surface area (Å²) in [5, 5.41) is 10.8. The Bertz CT molecular complexity index is 711. The molecule has 2 aromatic rings. The van der Waals surface area contributed by atoms with E-state index in [4.69, 9.17) is 0 Å². The van der Waals surface area contributed by atoms with Crippen molar-refractivity contribution in [1.29, 1.82) is 0 Å². The maximum atomic E-state index is 12.3. The Labute approximate surface area is 184 Å². The predicted octanol–water partition coefficient (Wildman–Crippen LogP) is 2.74. The first kappa shape index (κ1) is 23.9. The maximum Gasteiger partial charge on any atom is 0.253 e. The lowest BCUT2D eigenvalue weighted by atomic mass is 10.1. The second-order valence-corrected chi connectivity index (χ2v) is 6.15. The highest BCUT2D eigenvalue weighted by atomic mass is 127. The minimum Gasteiger partial charge on any atom is -0.356 e. The number of aromatic nitrogens is 2. The van der Waals surface area contributed by atoms with Gasteiger partial charge in [-0.1, -0.05) is 12.1 Å². The van der Waals surface area contributed by atoms with E-state index in [1.54, 1.807) is 13.2 Å². The molecule has 0 aliphatic carbocycles. The fraction of sp³-hybridized carbons (Fsp3) is 0.450. The largest absolute Gasteiger partial charge is 0.356 e. The molecule has 0 saturated carbocycles. The average molecular weight is 498 g/mol. The van der Waals surface area contributed by atoms with E-state index < -0.39 is 0 Å². The van der Waals surface area contributed by atoms with Crippen LogP contribution in [0.5, 0.6) is 0 Å². The molecule has 0 fully saturated rings. The summed E-state index contributed by atoms with van der Waals surface area (Å²) in [7, 11) is 1.76. The van der Waals surface area contributed by atoms with Crippen LogP contribution in [0.1, 0.15) is 36.2 Å². The zero-order valence-electron chi connectivity index (χ0n) is 16.9. The fourth-order valence-corrected chi connectivity index (χ4v) is 2.75. The number of amides is 1. The Morgan fingerprint density at radius 2 is 1.89 bits per heavy atom. The highest BCUT2D eigenvalue weighted by Crippen LogP contribution is 2.08. The number of benzene rings is 1. The van der Waals surface area contributed by atoms with Gasteiger partial charge >= 0.3 is 0 Å². The molecule has 1 heterocycles. The first-order valence-electron chi connectivity index (χ1n) is 9.48. The van der Waals surface area contributed by atoms with Gasteiger partial charge in [0.1, 0.15) is 0 Å². The van der Waals surface area contributed by atoms with Gasteiger partial charge in [-0.3, -0.25) is 14.5 Å². The molecule has 28 heavy (non-hydrogen) atoms. The average Bonchev–Trinajstić information content (AvgIpc) is 3.22. The summed E-state index contributed by atoms with van der Waals surface area (Å²) in [5.74, 6) is 0.841. The molecule has 7 nitrogen and oxygen atoms in total. The van der Waals surface area contributed by atoms with Crippen LogP contribution >= 0.6 is 24.0 Å². The molecule has 0 saturated heterocycles. The molecule has 2 N–H and O–H groups in total. The minimum atomic E-state index is 0. The van der Waals surface area contributed by atoms with Crippen molar-refractivity contribution in [3.8, 4) is 0 Å². The van der Waals surface area contributed by atoms with Gasteiger partial charge in [-0.05, 0) is 44.0 Å². The van der Waals surface area contributed by atoms with Crippen LogP contribution in [-0.4, -0.2) is 53.2 Å².